The second kappa shape index (κ2) is 3.71. The van der Waals surface area contributed by atoms with Crippen molar-refractivity contribution in [1.29, 1.82) is 0 Å². The normalized spacial score (nSPS) is 13.0. The number of hydrogen-bond acceptors (Lipinski definition) is 2. The largest absolute Gasteiger partial charge is 0.381 e. The summed E-state index contributed by atoms with van der Waals surface area (Å²) in [6.07, 6.45) is -8.42. The monoisotopic (exact) mass is 238 g/mol. The maximum absolute atomic E-state index is 12.7. The maximum Gasteiger partial charge on any atom is 0.381 e. The predicted molar refractivity (Wildman–Crippen MR) is 48.1 cm³/mol. The third kappa shape index (κ3) is 2.51. The van der Waals surface area contributed by atoms with Gasteiger partial charge in [0.05, 0.1) is 11.1 Å². The van der Waals surface area contributed by atoms with Gasteiger partial charge in [-0.25, -0.2) is 0 Å². The highest BCUT2D eigenvalue weighted by atomic mass is 19.3. The van der Waals surface area contributed by atoms with Crippen LogP contribution in [-0.2, 0) is 12.2 Å². The van der Waals surface area contributed by atoms with Crippen LogP contribution in [0.3, 0.4) is 0 Å². The highest BCUT2D eigenvalue weighted by molar-refractivity contribution is 5.40. The van der Waals surface area contributed by atoms with E-state index in [1.54, 1.807) is 0 Å². The molecule has 0 aliphatic carbocycles. The van der Waals surface area contributed by atoms with Gasteiger partial charge in [-0.1, -0.05) is 0 Å². The highest BCUT2D eigenvalue weighted by Crippen LogP contribution is 2.34. The van der Waals surface area contributed by atoms with Gasteiger partial charge in [0.15, 0.2) is 0 Å². The van der Waals surface area contributed by atoms with Crippen LogP contribution in [0.15, 0.2) is 12.1 Å². The van der Waals surface area contributed by atoms with Crippen molar-refractivity contribution in [2.75, 3.05) is 0 Å². The minimum Gasteiger partial charge on any atom is -0.332 e. The van der Waals surface area contributed by atoms with Gasteiger partial charge in [-0.2, -0.15) is 17.6 Å². The Labute approximate surface area is 89.1 Å². The standard InChI is InChI=1S/C10H10F4O2/c1-5-3-7(9(11,12)15)4-8(6(5)2)10(13,14)16/h3-4,15-16H,1-2H3. The molecule has 1 aromatic carbocycles. The Hall–Kier alpha value is -1.14. The van der Waals surface area contributed by atoms with E-state index in [4.69, 9.17) is 10.2 Å². The average Bonchev–Trinajstić information content (AvgIpc) is 2.05. The molecule has 0 radical (unpaired) electrons. The van der Waals surface area contributed by atoms with E-state index in [1.807, 2.05) is 0 Å². The Morgan fingerprint density at radius 1 is 0.938 bits per heavy atom. The molecule has 0 fully saturated rings. The number of hydrogen-bond donors (Lipinski definition) is 2. The van der Waals surface area contributed by atoms with E-state index in [-0.39, 0.29) is 11.1 Å². The van der Waals surface area contributed by atoms with Crippen molar-refractivity contribution in [1.82, 2.24) is 0 Å². The second-order valence-electron chi connectivity index (χ2n) is 3.55. The SMILES string of the molecule is Cc1cc(C(O)(F)F)cc(C(O)(F)F)c1C. The summed E-state index contributed by atoms with van der Waals surface area (Å²) >= 11 is 0. The van der Waals surface area contributed by atoms with Crippen molar-refractivity contribution >= 4 is 0 Å². The van der Waals surface area contributed by atoms with E-state index in [0.717, 1.165) is 6.07 Å². The molecule has 0 aromatic heterocycles. The van der Waals surface area contributed by atoms with E-state index in [0.29, 0.717) is 6.07 Å². The van der Waals surface area contributed by atoms with Crippen molar-refractivity contribution < 1.29 is 27.8 Å². The lowest BCUT2D eigenvalue weighted by atomic mass is 9.98. The summed E-state index contributed by atoms with van der Waals surface area (Å²) in [5.41, 5.74) is -1.77. The van der Waals surface area contributed by atoms with Crippen LogP contribution in [0, 0.1) is 13.8 Å². The topological polar surface area (TPSA) is 40.5 Å². The molecule has 16 heavy (non-hydrogen) atoms. The van der Waals surface area contributed by atoms with Crippen LogP contribution in [0.5, 0.6) is 0 Å². The lowest BCUT2D eigenvalue weighted by Gasteiger charge is -2.18. The minimum absolute atomic E-state index is 0.000463. The minimum atomic E-state index is -4.21. The van der Waals surface area contributed by atoms with Crippen LogP contribution in [0.25, 0.3) is 0 Å². The third-order valence-electron chi connectivity index (χ3n) is 2.34. The first-order valence-electron chi connectivity index (χ1n) is 4.36. The van der Waals surface area contributed by atoms with E-state index in [9.17, 15) is 17.6 Å². The van der Waals surface area contributed by atoms with Gasteiger partial charge < -0.3 is 10.2 Å². The number of alkyl halides is 4. The van der Waals surface area contributed by atoms with Crippen LogP contribution < -0.4 is 0 Å². The number of halogens is 4. The molecule has 0 amide bonds. The van der Waals surface area contributed by atoms with Crippen molar-refractivity contribution in [3.63, 3.8) is 0 Å². The molecule has 0 spiro atoms. The van der Waals surface area contributed by atoms with Gasteiger partial charge in [-0.15, -0.1) is 0 Å². The van der Waals surface area contributed by atoms with Crippen LogP contribution in [0.4, 0.5) is 17.6 Å². The number of aryl methyl sites for hydroxylation is 1. The predicted octanol–water partition coefficient (Wildman–Crippen LogP) is 2.39. The Bertz CT molecular complexity index is 405. The molecule has 90 valence electrons. The molecular weight excluding hydrogens is 228 g/mol. The van der Waals surface area contributed by atoms with Gasteiger partial charge in [0.1, 0.15) is 0 Å². The van der Waals surface area contributed by atoms with Crippen molar-refractivity contribution in [3.05, 3.63) is 34.4 Å². The first kappa shape index (κ1) is 12.9. The smallest absolute Gasteiger partial charge is 0.332 e. The summed E-state index contributed by atoms with van der Waals surface area (Å²) in [6.45, 7) is 2.61. The fourth-order valence-corrected chi connectivity index (χ4v) is 1.35. The van der Waals surface area contributed by atoms with Gasteiger partial charge in [-0.05, 0) is 37.1 Å². The third-order valence-corrected chi connectivity index (χ3v) is 2.34. The number of rotatable bonds is 2. The maximum atomic E-state index is 12.7. The molecule has 0 saturated carbocycles. The summed E-state index contributed by atoms with van der Waals surface area (Å²) < 4.78 is 50.5. The zero-order valence-corrected chi connectivity index (χ0v) is 8.56. The molecule has 6 heteroatoms. The summed E-state index contributed by atoms with van der Waals surface area (Å²) in [7, 11) is 0. The Balaban J connectivity index is 3.46. The summed E-state index contributed by atoms with van der Waals surface area (Å²) in [4.78, 5) is 0. The zero-order valence-electron chi connectivity index (χ0n) is 8.56. The van der Waals surface area contributed by atoms with E-state index in [2.05, 4.69) is 0 Å². The first-order valence-corrected chi connectivity index (χ1v) is 4.36. The fraction of sp³-hybridized carbons (Fsp3) is 0.400. The Kier molecular flexibility index (Phi) is 3.00. The molecule has 0 unspecified atom stereocenters. The number of aliphatic hydroxyl groups is 2. The van der Waals surface area contributed by atoms with Crippen molar-refractivity contribution in [3.8, 4) is 0 Å². The first-order chi connectivity index (χ1) is 7.03. The molecule has 0 bridgehead atoms. The van der Waals surface area contributed by atoms with Crippen molar-refractivity contribution in [2.24, 2.45) is 0 Å². The average molecular weight is 238 g/mol. The van der Waals surface area contributed by atoms with E-state index < -0.39 is 23.3 Å². The quantitative estimate of drug-likeness (QED) is 0.776. The van der Waals surface area contributed by atoms with Gasteiger partial charge in [-0.3, -0.25) is 0 Å². The summed E-state index contributed by atoms with van der Waals surface area (Å²) in [5, 5.41) is 17.0. The second-order valence-corrected chi connectivity index (χ2v) is 3.55. The molecule has 0 aliphatic rings. The molecule has 2 N–H and O–H groups in total. The van der Waals surface area contributed by atoms with E-state index >= 15 is 0 Å². The summed E-state index contributed by atoms with van der Waals surface area (Å²) in [5.74, 6) is 0. The lowest BCUT2D eigenvalue weighted by Crippen LogP contribution is -2.18. The van der Waals surface area contributed by atoms with Gasteiger partial charge >= 0.3 is 12.2 Å². The molecule has 2 nitrogen and oxygen atoms in total. The van der Waals surface area contributed by atoms with Crippen molar-refractivity contribution in [2.45, 2.75) is 26.1 Å². The van der Waals surface area contributed by atoms with Gasteiger partial charge in [0.25, 0.3) is 0 Å². The lowest BCUT2D eigenvalue weighted by molar-refractivity contribution is -0.213. The number of benzene rings is 1. The van der Waals surface area contributed by atoms with Crippen LogP contribution in [0.1, 0.15) is 22.3 Å². The fourth-order valence-electron chi connectivity index (χ4n) is 1.35. The van der Waals surface area contributed by atoms with Crippen LogP contribution >= 0.6 is 0 Å². The Morgan fingerprint density at radius 3 is 1.81 bits per heavy atom. The molecule has 0 heterocycles. The zero-order chi connectivity index (χ0) is 12.7. The Morgan fingerprint density at radius 2 is 1.44 bits per heavy atom. The molecular formula is C10H10F4O2. The molecule has 1 aromatic rings. The molecule has 0 saturated heterocycles. The van der Waals surface area contributed by atoms with E-state index in [1.165, 1.54) is 13.8 Å². The van der Waals surface area contributed by atoms with Gasteiger partial charge in [0.2, 0.25) is 0 Å². The highest BCUT2D eigenvalue weighted by Gasteiger charge is 2.35. The molecule has 0 atom stereocenters. The molecule has 0 aliphatic heterocycles. The molecule has 1 rings (SSSR count). The summed E-state index contributed by atoms with van der Waals surface area (Å²) in [6, 6.07) is 1.28. The van der Waals surface area contributed by atoms with Crippen LogP contribution in [-0.4, -0.2) is 10.2 Å². The van der Waals surface area contributed by atoms with Gasteiger partial charge in [0, 0.05) is 0 Å². The van der Waals surface area contributed by atoms with Crippen LogP contribution in [0.2, 0.25) is 0 Å².